The zero-order valence-electron chi connectivity index (χ0n) is 12.8. The molecule has 0 aliphatic carbocycles. The lowest BCUT2D eigenvalue weighted by atomic mass is 9.84. The molecule has 1 atom stereocenters. The number of hydrogen-bond acceptors (Lipinski definition) is 2. The van der Waals surface area contributed by atoms with Crippen LogP contribution >= 0.6 is 0 Å². The van der Waals surface area contributed by atoms with Gasteiger partial charge in [-0.1, -0.05) is 45.9 Å². The van der Waals surface area contributed by atoms with E-state index in [-0.39, 0.29) is 0 Å². The van der Waals surface area contributed by atoms with Crippen LogP contribution in [0.5, 0.6) is 5.75 Å². The van der Waals surface area contributed by atoms with Gasteiger partial charge < -0.3 is 10.1 Å². The molecule has 2 nitrogen and oxygen atoms in total. The zero-order valence-corrected chi connectivity index (χ0v) is 12.8. The molecule has 0 spiro atoms. The summed E-state index contributed by atoms with van der Waals surface area (Å²) in [5, 5.41) is 3.69. The van der Waals surface area contributed by atoms with Gasteiger partial charge in [0.1, 0.15) is 5.75 Å². The number of ether oxygens (including phenoxy) is 1. The molecular weight excluding hydrogens is 234 g/mol. The predicted molar refractivity (Wildman–Crippen MR) is 80.7 cm³/mol. The summed E-state index contributed by atoms with van der Waals surface area (Å²) in [6, 6.07) is 6.99. The molecule has 0 aromatic heterocycles. The third-order valence-electron chi connectivity index (χ3n) is 3.58. The minimum atomic E-state index is 0.312. The number of rotatable bonds is 5. The molecule has 0 fully saturated rings. The van der Waals surface area contributed by atoms with Crippen molar-refractivity contribution in [2.45, 2.75) is 53.0 Å². The second-order valence-corrected chi connectivity index (χ2v) is 6.71. The summed E-state index contributed by atoms with van der Waals surface area (Å²) in [4.78, 5) is 0. The van der Waals surface area contributed by atoms with Gasteiger partial charge in [0.2, 0.25) is 0 Å². The van der Waals surface area contributed by atoms with Crippen LogP contribution in [-0.4, -0.2) is 13.2 Å². The van der Waals surface area contributed by atoms with Gasteiger partial charge in [-0.25, -0.2) is 0 Å². The number of fused-ring (bicyclic) bond motifs is 1. The molecule has 0 bridgehead atoms. The van der Waals surface area contributed by atoms with Crippen LogP contribution in [0.25, 0.3) is 0 Å². The topological polar surface area (TPSA) is 21.3 Å². The lowest BCUT2D eigenvalue weighted by molar-refractivity contribution is 0.300. The van der Waals surface area contributed by atoms with Crippen LogP contribution < -0.4 is 10.1 Å². The molecule has 2 heteroatoms. The molecule has 0 saturated heterocycles. The van der Waals surface area contributed by atoms with Gasteiger partial charge in [-0.15, -0.1) is 0 Å². The Bertz CT molecular complexity index is 420. The normalized spacial score (nSPS) is 16.0. The highest BCUT2D eigenvalue weighted by atomic mass is 16.5. The number of para-hydroxylation sites is 1. The fourth-order valence-corrected chi connectivity index (χ4v) is 2.74. The monoisotopic (exact) mass is 261 g/mol. The Balaban J connectivity index is 2.25. The lowest BCUT2D eigenvalue weighted by Gasteiger charge is -2.28. The van der Waals surface area contributed by atoms with E-state index in [1.165, 1.54) is 11.1 Å². The minimum Gasteiger partial charge on any atom is -0.493 e. The molecule has 1 aliphatic rings. The maximum Gasteiger partial charge on any atom is 0.127 e. The summed E-state index contributed by atoms with van der Waals surface area (Å²) < 4.78 is 5.87. The van der Waals surface area contributed by atoms with Gasteiger partial charge in [-0.3, -0.25) is 0 Å². The molecule has 1 aromatic rings. The third-order valence-corrected chi connectivity index (χ3v) is 3.58. The molecule has 1 unspecified atom stereocenters. The Kier molecular flexibility index (Phi) is 4.51. The molecule has 1 aromatic carbocycles. The van der Waals surface area contributed by atoms with E-state index >= 15 is 0 Å². The maximum absolute atomic E-state index is 5.87. The van der Waals surface area contributed by atoms with E-state index < -0.39 is 0 Å². The molecule has 19 heavy (non-hydrogen) atoms. The average molecular weight is 261 g/mol. The van der Waals surface area contributed by atoms with Crippen LogP contribution in [0.4, 0.5) is 0 Å². The summed E-state index contributed by atoms with van der Waals surface area (Å²) in [6.07, 6.45) is 3.35. The fourth-order valence-electron chi connectivity index (χ4n) is 2.74. The summed E-state index contributed by atoms with van der Waals surface area (Å²) >= 11 is 0. The number of nitrogens with one attached hydrogen (secondary N) is 1. The molecule has 1 N–H and O–H groups in total. The van der Waals surface area contributed by atoms with E-state index in [1.54, 1.807) is 0 Å². The van der Waals surface area contributed by atoms with Gasteiger partial charge in [-0.2, -0.15) is 0 Å². The summed E-state index contributed by atoms with van der Waals surface area (Å²) in [7, 11) is 0. The highest BCUT2D eigenvalue weighted by Gasteiger charge is 2.25. The molecule has 2 rings (SSSR count). The largest absolute Gasteiger partial charge is 0.493 e. The first kappa shape index (κ1) is 14.4. The van der Waals surface area contributed by atoms with Gasteiger partial charge in [-0.05, 0) is 30.4 Å². The van der Waals surface area contributed by atoms with E-state index in [1.807, 2.05) is 0 Å². The molecule has 1 aliphatic heterocycles. The van der Waals surface area contributed by atoms with E-state index in [0.717, 1.165) is 38.2 Å². The fraction of sp³-hybridized carbons (Fsp3) is 0.647. The first-order valence-corrected chi connectivity index (χ1v) is 7.49. The van der Waals surface area contributed by atoms with Gasteiger partial charge in [0.05, 0.1) is 6.61 Å². The predicted octanol–water partition coefficient (Wildman–Crippen LogP) is 4.10. The van der Waals surface area contributed by atoms with Crippen molar-refractivity contribution in [2.24, 2.45) is 5.41 Å². The lowest BCUT2D eigenvalue weighted by Crippen LogP contribution is -2.26. The van der Waals surface area contributed by atoms with Crippen LogP contribution in [-0.2, 0) is 6.42 Å². The molecule has 1 heterocycles. The highest BCUT2D eigenvalue weighted by Crippen LogP contribution is 2.38. The van der Waals surface area contributed by atoms with Crippen molar-refractivity contribution < 1.29 is 4.74 Å². The standard InChI is InChI=1S/C17H27NO/c1-5-10-18-15(12-17(2,3)4)14-8-6-7-13-9-11-19-16(13)14/h6-8,15,18H,5,9-12H2,1-4H3. The van der Waals surface area contributed by atoms with Crippen molar-refractivity contribution >= 4 is 0 Å². The highest BCUT2D eigenvalue weighted by molar-refractivity contribution is 5.45. The summed E-state index contributed by atoms with van der Waals surface area (Å²) in [5.41, 5.74) is 3.03. The van der Waals surface area contributed by atoms with E-state index in [0.29, 0.717) is 11.5 Å². The Morgan fingerprint density at radius 3 is 2.79 bits per heavy atom. The first-order chi connectivity index (χ1) is 9.01. The second kappa shape index (κ2) is 5.96. The molecular formula is C17H27NO. The van der Waals surface area contributed by atoms with Gasteiger partial charge in [0.15, 0.2) is 0 Å². The number of hydrogen-bond donors (Lipinski definition) is 1. The van der Waals surface area contributed by atoms with Gasteiger partial charge in [0, 0.05) is 18.0 Å². The van der Waals surface area contributed by atoms with Crippen LogP contribution in [0.2, 0.25) is 0 Å². The van der Waals surface area contributed by atoms with Crippen LogP contribution in [0, 0.1) is 5.41 Å². The van der Waals surface area contributed by atoms with Crippen molar-refractivity contribution in [3.05, 3.63) is 29.3 Å². The van der Waals surface area contributed by atoms with Crippen LogP contribution in [0.3, 0.4) is 0 Å². The Morgan fingerprint density at radius 2 is 2.11 bits per heavy atom. The molecule has 0 amide bonds. The second-order valence-electron chi connectivity index (χ2n) is 6.71. The van der Waals surface area contributed by atoms with Crippen LogP contribution in [0.1, 0.15) is 57.7 Å². The third kappa shape index (κ3) is 3.73. The Labute approximate surface area is 117 Å². The van der Waals surface area contributed by atoms with Gasteiger partial charge in [0.25, 0.3) is 0 Å². The van der Waals surface area contributed by atoms with E-state index in [2.05, 4.69) is 51.2 Å². The Hall–Kier alpha value is -1.02. The van der Waals surface area contributed by atoms with E-state index in [9.17, 15) is 0 Å². The van der Waals surface area contributed by atoms with Crippen molar-refractivity contribution in [3.63, 3.8) is 0 Å². The SMILES string of the molecule is CCCNC(CC(C)(C)C)c1cccc2c1OCC2. The maximum atomic E-state index is 5.87. The quantitative estimate of drug-likeness (QED) is 0.861. The van der Waals surface area contributed by atoms with Crippen molar-refractivity contribution in [3.8, 4) is 5.75 Å². The van der Waals surface area contributed by atoms with Crippen molar-refractivity contribution in [1.29, 1.82) is 0 Å². The number of benzene rings is 1. The average Bonchev–Trinajstić information content (AvgIpc) is 2.81. The smallest absolute Gasteiger partial charge is 0.127 e. The molecule has 0 saturated carbocycles. The first-order valence-electron chi connectivity index (χ1n) is 7.49. The summed E-state index contributed by atoms with van der Waals surface area (Å²) in [5.74, 6) is 1.14. The Morgan fingerprint density at radius 1 is 1.32 bits per heavy atom. The molecule has 0 radical (unpaired) electrons. The minimum absolute atomic E-state index is 0.312. The van der Waals surface area contributed by atoms with Crippen molar-refractivity contribution in [1.82, 2.24) is 5.32 Å². The molecule has 106 valence electrons. The van der Waals surface area contributed by atoms with E-state index in [4.69, 9.17) is 4.74 Å². The summed E-state index contributed by atoms with van der Waals surface area (Å²) in [6.45, 7) is 11.0. The zero-order chi connectivity index (χ0) is 13.9. The van der Waals surface area contributed by atoms with Crippen LogP contribution in [0.15, 0.2) is 18.2 Å². The van der Waals surface area contributed by atoms with Gasteiger partial charge >= 0.3 is 0 Å². The van der Waals surface area contributed by atoms with Crippen molar-refractivity contribution in [2.75, 3.05) is 13.2 Å².